The number of morpholine rings is 1. The van der Waals surface area contributed by atoms with E-state index in [-0.39, 0.29) is 11.5 Å². The molecule has 0 amide bonds. The molecule has 132 valence electrons. The van der Waals surface area contributed by atoms with Gasteiger partial charge >= 0.3 is 0 Å². The second kappa shape index (κ2) is 5.97. The van der Waals surface area contributed by atoms with Gasteiger partial charge in [0.05, 0.1) is 13.2 Å². The molecule has 0 unspecified atom stereocenters. The normalized spacial score (nSPS) is 42.0. The smallest absolute Gasteiger partial charge is 0.279 e. The molecule has 6 heteroatoms. The number of rotatable bonds is 5. The Hall–Kier alpha value is -0.170. The van der Waals surface area contributed by atoms with Gasteiger partial charge in [0.15, 0.2) is 0 Å². The first-order chi connectivity index (χ1) is 11.0. The lowest BCUT2D eigenvalue weighted by Crippen LogP contribution is -2.59. The first-order valence-corrected chi connectivity index (χ1v) is 10.8. The van der Waals surface area contributed by atoms with E-state index in [0.717, 1.165) is 24.2 Å². The van der Waals surface area contributed by atoms with Gasteiger partial charge in [-0.25, -0.2) is 0 Å². The highest BCUT2D eigenvalue weighted by Gasteiger charge is 2.54. The predicted octanol–water partition coefficient (Wildman–Crippen LogP) is 2.15. The molecular formula is C17H30N2O3S. The summed E-state index contributed by atoms with van der Waals surface area (Å²) in [6.45, 7) is 4.12. The van der Waals surface area contributed by atoms with E-state index in [4.69, 9.17) is 4.74 Å². The molecule has 0 aromatic carbocycles. The minimum atomic E-state index is -3.38. The Bertz CT molecular complexity index is 507. The zero-order valence-electron chi connectivity index (χ0n) is 14.2. The van der Waals surface area contributed by atoms with E-state index in [9.17, 15) is 8.42 Å². The highest BCUT2D eigenvalue weighted by atomic mass is 32.2. The van der Waals surface area contributed by atoms with Crippen LogP contribution < -0.4 is 4.72 Å². The summed E-state index contributed by atoms with van der Waals surface area (Å²) >= 11 is 0. The summed E-state index contributed by atoms with van der Waals surface area (Å²) in [6.07, 6.45) is 8.80. The third-order valence-corrected chi connectivity index (χ3v) is 8.46. The summed E-state index contributed by atoms with van der Waals surface area (Å²) in [4.78, 5) is 0. The van der Waals surface area contributed by atoms with Crippen LogP contribution in [0.1, 0.15) is 51.9 Å². The first kappa shape index (κ1) is 16.3. The Labute approximate surface area is 140 Å². The zero-order chi connectivity index (χ0) is 16.1. The van der Waals surface area contributed by atoms with Crippen molar-refractivity contribution in [1.29, 1.82) is 0 Å². The van der Waals surface area contributed by atoms with Crippen LogP contribution in [0.25, 0.3) is 0 Å². The van der Waals surface area contributed by atoms with E-state index >= 15 is 0 Å². The average molecular weight is 343 g/mol. The van der Waals surface area contributed by atoms with E-state index in [2.05, 4.69) is 11.6 Å². The molecule has 1 aliphatic heterocycles. The average Bonchev–Trinajstić information content (AvgIpc) is 2.52. The summed E-state index contributed by atoms with van der Waals surface area (Å²) in [5, 5.41) is 0. The van der Waals surface area contributed by atoms with Crippen LogP contribution in [0.15, 0.2) is 0 Å². The maximum atomic E-state index is 12.8. The summed E-state index contributed by atoms with van der Waals surface area (Å²) in [7, 11) is -3.38. The fraction of sp³-hybridized carbons (Fsp3) is 1.00. The van der Waals surface area contributed by atoms with Gasteiger partial charge in [0, 0.05) is 19.1 Å². The summed E-state index contributed by atoms with van der Waals surface area (Å²) in [5.74, 6) is 2.55. The van der Waals surface area contributed by atoms with Crippen molar-refractivity contribution in [2.45, 2.75) is 57.9 Å². The molecule has 0 spiro atoms. The molecule has 0 aromatic heterocycles. The van der Waals surface area contributed by atoms with Crippen molar-refractivity contribution in [1.82, 2.24) is 9.03 Å². The van der Waals surface area contributed by atoms with Crippen LogP contribution in [0.2, 0.25) is 0 Å². The van der Waals surface area contributed by atoms with Gasteiger partial charge in [-0.3, -0.25) is 0 Å². The second-order valence-electron chi connectivity index (χ2n) is 8.38. The van der Waals surface area contributed by atoms with Crippen LogP contribution >= 0.6 is 0 Å². The molecule has 0 radical (unpaired) electrons. The van der Waals surface area contributed by atoms with Gasteiger partial charge < -0.3 is 4.74 Å². The van der Waals surface area contributed by atoms with E-state index in [1.807, 2.05) is 0 Å². The van der Waals surface area contributed by atoms with Gasteiger partial charge in [-0.15, -0.1) is 0 Å². The quantitative estimate of drug-likeness (QED) is 0.833. The van der Waals surface area contributed by atoms with Crippen LogP contribution in [0.3, 0.4) is 0 Å². The number of hydrogen-bond donors (Lipinski definition) is 1. The monoisotopic (exact) mass is 342 g/mol. The summed E-state index contributed by atoms with van der Waals surface area (Å²) in [5.41, 5.74) is 0.225. The molecule has 4 saturated carbocycles. The van der Waals surface area contributed by atoms with Gasteiger partial charge in [0.1, 0.15) is 0 Å². The van der Waals surface area contributed by atoms with E-state index in [1.54, 1.807) is 4.31 Å². The fourth-order valence-electron chi connectivity index (χ4n) is 6.29. The van der Waals surface area contributed by atoms with Crippen molar-refractivity contribution in [3.8, 4) is 0 Å². The Kier molecular flexibility index (Phi) is 4.23. The van der Waals surface area contributed by atoms with Gasteiger partial charge in [-0.05, 0) is 68.1 Å². The molecule has 0 aromatic rings. The Morgan fingerprint density at radius 2 is 1.61 bits per heavy atom. The van der Waals surface area contributed by atoms with Gasteiger partial charge in [0.25, 0.3) is 10.2 Å². The molecule has 5 rings (SSSR count). The Morgan fingerprint density at radius 1 is 1.09 bits per heavy atom. The Balaban J connectivity index is 1.52. The first-order valence-electron chi connectivity index (χ1n) is 9.36. The SMILES string of the molecule is CC[C@H](NS(=O)(=O)N1CCOCC1)C12CC3CC(CC(C3)C1)C2. The molecule has 5 nitrogen and oxygen atoms in total. The molecule has 1 N–H and O–H groups in total. The molecular weight excluding hydrogens is 312 g/mol. The third-order valence-electron chi connectivity index (χ3n) is 6.83. The van der Waals surface area contributed by atoms with Crippen molar-refractivity contribution < 1.29 is 13.2 Å². The van der Waals surface area contributed by atoms with Crippen LogP contribution in [-0.2, 0) is 14.9 Å². The topological polar surface area (TPSA) is 58.6 Å². The lowest BCUT2D eigenvalue weighted by atomic mass is 9.47. The van der Waals surface area contributed by atoms with E-state index < -0.39 is 10.2 Å². The number of nitrogens with zero attached hydrogens (tertiary/aromatic N) is 1. The van der Waals surface area contributed by atoms with Crippen LogP contribution in [0, 0.1) is 23.2 Å². The van der Waals surface area contributed by atoms with E-state index in [0.29, 0.717) is 26.3 Å². The molecule has 23 heavy (non-hydrogen) atoms. The molecule has 1 saturated heterocycles. The van der Waals surface area contributed by atoms with Crippen LogP contribution in [0.4, 0.5) is 0 Å². The lowest BCUT2D eigenvalue weighted by Gasteiger charge is -2.59. The van der Waals surface area contributed by atoms with Gasteiger partial charge in [0.2, 0.25) is 0 Å². The summed E-state index contributed by atoms with van der Waals surface area (Å²) < 4.78 is 35.6. The van der Waals surface area contributed by atoms with Crippen molar-refractivity contribution in [2.24, 2.45) is 23.2 Å². The third kappa shape index (κ3) is 2.96. The highest BCUT2D eigenvalue weighted by molar-refractivity contribution is 7.87. The molecule has 1 heterocycles. The Morgan fingerprint density at radius 3 is 2.09 bits per heavy atom. The minimum Gasteiger partial charge on any atom is -0.379 e. The van der Waals surface area contributed by atoms with Crippen LogP contribution in [-0.4, -0.2) is 45.1 Å². The largest absolute Gasteiger partial charge is 0.379 e. The highest BCUT2D eigenvalue weighted by Crippen LogP contribution is 2.61. The minimum absolute atomic E-state index is 0.101. The van der Waals surface area contributed by atoms with Gasteiger partial charge in [-0.2, -0.15) is 17.4 Å². The molecule has 4 bridgehead atoms. The fourth-order valence-corrected chi connectivity index (χ4v) is 7.84. The lowest BCUT2D eigenvalue weighted by molar-refractivity contribution is -0.0707. The van der Waals surface area contributed by atoms with Gasteiger partial charge in [-0.1, -0.05) is 6.92 Å². The number of hydrogen-bond acceptors (Lipinski definition) is 3. The maximum Gasteiger partial charge on any atom is 0.279 e. The predicted molar refractivity (Wildman–Crippen MR) is 89.1 cm³/mol. The molecule has 4 aliphatic carbocycles. The molecule has 5 fully saturated rings. The standard InChI is InChI=1S/C17H30N2O3S/c1-2-16(18-23(20,21)19-3-5-22-6-4-19)17-10-13-7-14(11-17)9-15(8-13)12-17/h13-16,18H,2-12H2,1H3/t13?,14?,15?,16-,17?/m0/s1. The van der Waals surface area contributed by atoms with Crippen LogP contribution in [0.5, 0.6) is 0 Å². The number of nitrogens with one attached hydrogen (secondary N) is 1. The maximum absolute atomic E-state index is 12.8. The van der Waals surface area contributed by atoms with E-state index in [1.165, 1.54) is 38.5 Å². The number of ether oxygens (including phenoxy) is 1. The van der Waals surface area contributed by atoms with Crippen molar-refractivity contribution in [3.05, 3.63) is 0 Å². The second-order valence-corrected chi connectivity index (χ2v) is 10.1. The summed E-state index contributed by atoms with van der Waals surface area (Å²) in [6, 6.07) is 0.101. The van der Waals surface area contributed by atoms with Crippen molar-refractivity contribution in [2.75, 3.05) is 26.3 Å². The zero-order valence-corrected chi connectivity index (χ0v) is 15.0. The molecule has 1 atom stereocenters. The van der Waals surface area contributed by atoms with Crippen molar-refractivity contribution in [3.63, 3.8) is 0 Å². The molecule has 5 aliphatic rings. The van der Waals surface area contributed by atoms with Crippen molar-refractivity contribution >= 4 is 10.2 Å².